The minimum atomic E-state index is 0.252. The highest BCUT2D eigenvalue weighted by Crippen LogP contribution is 2.20. The van der Waals surface area contributed by atoms with Crippen molar-refractivity contribution in [2.75, 3.05) is 13.2 Å². The number of benzene rings is 1. The molecule has 0 saturated heterocycles. The molecule has 1 atom stereocenters. The molecule has 0 radical (unpaired) electrons. The molecule has 0 saturated carbocycles. The monoisotopic (exact) mass is 275 g/mol. The van der Waals surface area contributed by atoms with E-state index in [4.69, 9.17) is 28.3 Å². The highest BCUT2D eigenvalue weighted by molar-refractivity contribution is 6.35. The third kappa shape index (κ3) is 5.26. The minimum Gasteiger partial charge on any atom is -0.396 e. The first-order valence-electron chi connectivity index (χ1n) is 5.92. The van der Waals surface area contributed by atoms with Crippen LogP contribution in [0.15, 0.2) is 18.2 Å². The van der Waals surface area contributed by atoms with Crippen molar-refractivity contribution < 1.29 is 5.11 Å². The summed E-state index contributed by atoms with van der Waals surface area (Å²) in [7, 11) is 0. The van der Waals surface area contributed by atoms with Crippen LogP contribution in [0.4, 0.5) is 0 Å². The summed E-state index contributed by atoms with van der Waals surface area (Å²) >= 11 is 11.9. The summed E-state index contributed by atoms with van der Waals surface area (Å²) in [5.74, 6) is 0.520. The Bertz CT molecular complexity index is 344. The topological polar surface area (TPSA) is 32.3 Å². The number of hydrogen-bond acceptors (Lipinski definition) is 2. The highest BCUT2D eigenvalue weighted by atomic mass is 35.5. The summed E-state index contributed by atoms with van der Waals surface area (Å²) in [6, 6.07) is 5.53. The van der Waals surface area contributed by atoms with Gasteiger partial charge in [-0.25, -0.2) is 0 Å². The summed E-state index contributed by atoms with van der Waals surface area (Å²) in [6.45, 7) is 4.02. The third-order valence-corrected chi connectivity index (χ3v) is 3.47. The van der Waals surface area contributed by atoms with Crippen LogP contribution in [0, 0.1) is 5.92 Å². The summed E-state index contributed by atoms with van der Waals surface area (Å²) < 4.78 is 0. The Balaban J connectivity index is 2.39. The van der Waals surface area contributed by atoms with E-state index in [1.165, 1.54) is 0 Å². The van der Waals surface area contributed by atoms with Crippen LogP contribution in [0.3, 0.4) is 0 Å². The van der Waals surface area contributed by atoms with Crippen molar-refractivity contribution in [3.8, 4) is 0 Å². The third-order valence-electron chi connectivity index (χ3n) is 2.88. The molecule has 2 nitrogen and oxygen atoms in total. The first kappa shape index (κ1) is 14.8. The normalized spacial score (nSPS) is 12.7. The zero-order valence-corrected chi connectivity index (χ0v) is 11.6. The fourth-order valence-electron chi connectivity index (χ4n) is 1.71. The Hall–Kier alpha value is -0.280. The van der Waals surface area contributed by atoms with Crippen molar-refractivity contribution in [2.24, 2.45) is 5.92 Å². The molecule has 0 aliphatic heterocycles. The summed E-state index contributed by atoms with van der Waals surface area (Å²) in [5.41, 5.74) is 1.05. The molecule has 1 rings (SSSR count). The lowest BCUT2D eigenvalue weighted by atomic mass is 10.0. The van der Waals surface area contributed by atoms with Crippen molar-refractivity contribution in [1.82, 2.24) is 5.32 Å². The zero-order valence-electron chi connectivity index (χ0n) is 10.0. The molecule has 1 unspecified atom stereocenters. The van der Waals surface area contributed by atoms with E-state index in [0.717, 1.165) is 31.5 Å². The summed E-state index contributed by atoms with van der Waals surface area (Å²) in [4.78, 5) is 0. The second-order valence-corrected chi connectivity index (χ2v) is 5.00. The molecule has 0 aliphatic rings. The van der Waals surface area contributed by atoms with Gasteiger partial charge < -0.3 is 10.4 Å². The van der Waals surface area contributed by atoms with E-state index >= 15 is 0 Å². The van der Waals surface area contributed by atoms with Crippen molar-refractivity contribution in [1.29, 1.82) is 0 Å². The number of rotatable bonds is 7. The van der Waals surface area contributed by atoms with E-state index in [2.05, 4.69) is 12.2 Å². The molecule has 4 heteroatoms. The van der Waals surface area contributed by atoms with Crippen LogP contribution in [0.5, 0.6) is 0 Å². The Morgan fingerprint density at radius 2 is 2.12 bits per heavy atom. The SMILES string of the molecule is CCC(CCO)CNCc1ccc(Cl)cc1Cl. The van der Waals surface area contributed by atoms with Crippen molar-refractivity contribution >= 4 is 23.2 Å². The average Bonchev–Trinajstić information content (AvgIpc) is 2.30. The van der Waals surface area contributed by atoms with Gasteiger partial charge in [0.15, 0.2) is 0 Å². The molecule has 0 amide bonds. The summed E-state index contributed by atoms with van der Waals surface area (Å²) in [5, 5.41) is 13.6. The Labute approximate surface area is 113 Å². The molecule has 1 aromatic carbocycles. The average molecular weight is 276 g/mol. The molecule has 0 aliphatic carbocycles. The largest absolute Gasteiger partial charge is 0.396 e. The number of nitrogens with one attached hydrogen (secondary N) is 1. The van der Waals surface area contributed by atoms with Crippen LogP contribution in [0.25, 0.3) is 0 Å². The number of halogens is 2. The van der Waals surface area contributed by atoms with Crippen LogP contribution in [0.2, 0.25) is 10.0 Å². The van der Waals surface area contributed by atoms with E-state index in [9.17, 15) is 0 Å². The maximum atomic E-state index is 8.90. The van der Waals surface area contributed by atoms with E-state index in [0.29, 0.717) is 16.0 Å². The summed E-state index contributed by atoms with van der Waals surface area (Å²) in [6.07, 6.45) is 1.92. The van der Waals surface area contributed by atoms with Crippen LogP contribution in [-0.2, 0) is 6.54 Å². The van der Waals surface area contributed by atoms with Crippen LogP contribution < -0.4 is 5.32 Å². The highest BCUT2D eigenvalue weighted by Gasteiger charge is 2.06. The maximum absolute atomic E-state index is 8.90. The molecule has 0 spiro atoms. The lowest BCUT2D eigenvalue weighted by Gasteiger charge is -2.14. The lowest BCUT2D eigenvalue weighted by Crippen LogP contribution is -2.23. The Kier molecular flexibility index (Phi) is 6.90. The number of aliphatic hydroxyl groups excluding tert-OH is 1. The molecular weight excluding hydrogens is 257 g/mol. The second kappa shape index (κ2) is 7.93. The molecular formula is C13H19Cl2NO. The van der Waals surface area contributed by atoms with Gasteiger partial charge >= 0.3 is 0 Å². The standard InChI is InChI=1S/C13H19Cl2NO/c1-2-10(5-6-17)8-16-9-11-3-4-12(14)7-13(11)15/h3-4,7,10,16-17H,2,5-6,8-9H2,1H3. The van der Waals surface area contributed by atoms with Gasteiger partial charge in [0.1, 0.15) is 0 Å². The van der Waals surface area contributed by atoms with Crippen LogP contribution in [0.1, 0.15) is 25.3 Å². The van der Waals surface area contributed by atoms with Gasteiger partial charge in [-0.2, -0.15) is 0 Å². The van der Waals surface area contributed by atoms with Gasteiger partial charge in [-0.3, -0.25) is 0 Å². The van der Waals surface area contributed by atoms with Gasteiger partial charge in [-0.1, -0.05) is 42.6 Å². The second-order valence-electron chi connectivity index (χ2n) is 4.15. The van der Waals surface area contributed by atoms with Crippen molar-refractivity contribution in [2.45, 2.75) is 26.3 Å². The van der Waals surface area contributed by atoms with Gasteiger partial charge in [0.25, 0.3) is 0 Å². The van der Waals surface area contributed by atoms with Gasteiger partial charge in [0.2, 0.25) is 0 Å². The number of hydrogen-bond donors (Lipinski definition) is 2. The van der Waals surface area contributed by atoms with E-state index in [1.807, 2.05) is 12.1 Å². The lowest BCUT2D eigenvalue weighted by molar-refractivity contribution is 0.251. The minimum absolute atomic E-state index is 0.252. The van der Waals surface area contributed by atoms with E-state index in [1.54, 1.807) is 6.07 Å². The fourth-order valence-corrected chi connectivity index (χ4v) is 2.18. The molecule has 0 heterocycles. The molecule has 17 heavy (non-hydrogen) atoms. The zero-order chi connectivity index (χ0) is 12.7. The fraction of sp³-hybridized carbons (Fsp3) is 0.538. The van der Waals surface area contributed by atoms with Crippen molar-refractivity contribution in [3.05, 3.63) is 33.8 Å². The first-order valence-corrected chi connectivity index (χ1v) is 6.68. The van der Waals surface area contributed by atoms with E-state index < -0.39 is 0 Å². The molecule has 0 aromatic heterocycles. The van der Waals surface area contributed by atoms with Crippen molar-refractivity contribution in [3.63, 3.8) is 0 Å². The van der Waals surface area contributed by atoms with Crippen LogP contribution >= 0.6 is 23.2 Å². The Morgan fingerprint density at radius 3 is 2.71 bits per heavy atom. The molecule has 96 valence electrons. The molecule has 2 N–H and O–H groups in total. The molecule has 0 fully saturated rings. The smallest absolute Gasteiger partial charge is 0.0465 e. The van der Waals surface area contributed by atoms with Gasteiger partial charge in [-0.05, 0) is 36.6 Å². The van der Waals surface area contributed by atoms with E-state index in [-0.39, 0.29) is 6.61 Å². The first-order chi connectivity index (χ1) is 8.17. The number of aliphatic hydroxyl groups is 1. The van der Waals surface area contributed by atoms with Gasteiger partial charge in [0.05, 0.1) is 0 Å². The molecule has 1 aromatic rings. The predicted octanol–water partition coefficient (Wildman–Crippen LogP) is 3.49. The Morgan fingerprint density at radius 1 is 1.35 bits per heavy atom. The van der Waals surface area contributed by atoms with Gasteiger partial charge in [-0.15, -0.1) is 0 Å². The van der Waals surface area contributed by atoms with Crippen LogP contribution in [-0.4, -0.2) is 18.3 Å². The molecule has 0 bridgehead atoms. The van der Waals surface area contributed by atoms with Gasteiger partial charge in [0, 0.05) is 23.2 Å². The maximum Gasteiger partial charge on any atom is 0.0465 e. The predicted molar refractivity (Wildman–Crippen MR) is 73.7 cm³/mol. The quantitative estimate of drug-likeness (QED) is 0.799.